The van der Waals surface area contributed by atoms with Crippen LogP contribution in [0.2, 0.25) is 0 Å². The molecule has 3 rings (SSSR count). The lowest BCUT2D eigenvalue weighted by Gasteiger charge is -2.06. The summed E-state index contributed by atoms with van der Waals surface area (Å²) in [6.45, 7) is 0.630. The van der Waals surface area contributed by atoms with Crippen LogP contribution in [0.4, 0.5) is 13.2 Å². The minimum absolute atomic E-state index is 0.510. The van der Waals surface area contributed by atoms with Crippen molar-refractivity contribution in [2.45, 2.75) is 31.6 Å². The van der Waals surface area contributed by atoms with E-state index in [-0.39, 0.29) is 0 Å². The summed E-state index contributed by atoms with van der Waals surface area (Å²) in [6.07, 6.45) is -0.331. The molecular formula is C13H13F3N4. The lowest BCUT2D eigenvalue weighted by molar-refractivity contribution is -0.137. The number of halogens is 3. The Bertz CT molecular complexity index is 584. The molecular weight excluding hydrogens is 269 g/mol. The van der Waals surface area contributed by atoms with Gasteiger partial charge < -0.3 is 5.32 Å². The molecule has 1 aromatic carbocycles. The van der Waals surface area contributed by atoms with Crippen molar-refractivity contribution in [3.8, 4) is 5.69 Å². The average molecular weight is 282 g/mol. The van der Waals surface area contributed by atoms with Crippen molar-refractivity contribution in [3.05, 3.63) is 41.7 Å². The van der Waals surface area contributed by atoms with Crippen LogP contribution in [0.3, 0.4) is 0 Å². The molecule has 1 heterocycles. The second kappa shape index (κ2) is 4.90. The molecule has 1 fully saturated rings. The van der Waals surface area contributed by atoms with Crippen LogP contribution >= 0.6 is 0 Å². The van der Waals surface area contributed by atoms with Gasteiger partial charge in [-0.1, -0.05) is 0 Å². The van der Waals surface area contributed by atoms with Gasteiger partial charge in [0.25, 0.3) is 0 Å². The molecule has 20 heavy (non-hydrogen) atoms. The fourth-order valence-corrected chi connectivity index (χ4v) is 1.82. The van der Waals surface area contributed by atoms with Crippen LogP contribution in [0, 0.1) is 0 Å². The Kier molecular flexibility index (Phi) is 3.21. The van der Waals surface area contributed by atoms with E-state index < -0.39 is 11.7 Å². The predicted molar refractivity (Wildman–Crippen MR) is 66.2 cm³/mol. The first-order chi connectivity index (χ1) is 9.52. The van der Waals surface area contributed by atoms with Crippen LogP contribution < -0.4 is 5.32 Å². The summed E-state index contributed by atoms with van der Waals surface area (Å²) in [6, 6.07) is 5.36. The Morgan fingerprint density at radius 1 is 1.20 bits per heavy atom. The van der Waals surface area contributed by atoms with Gasteiger partial charge in [-0.3, -0.25) is 0 Å². The van der Waals surface area contributed by atoms with Crippen molar-refractivity contribution in [3.63, 3.8) is 0 Å². The van der Waals surface area contributed by atoms with Crippen LogP contribution in [0.25, 0.3) is 5.69 Å². The molecule has 2 aromatic rings. The first-order valence-corrected chi connectivity index (χ1v) is 6.34. The molecule has 0 amide bonds. The van der Waals surface area contributed by atoms with E-state index >= 15 is 0 Å². The van der Waals surface area contributed by atoms with Crippen LogP contribution in [-0.2, 0) is 12.7 Å². The number of rotatable bonds is 4. The van der Waals surface area contributed by atoms with Crippen molar-refractivity contribution in [1.29, 1.82) is 0 Å². The molecule has 1 aliphatic rings. The van der Waals surface area contributed by atoms with Gasteiger partial charge in [-0.2, -0.15) is 28.2 Å². The van der Waals surface area contributed by atoms with E-state index in [4.69, 9.17) is 0 Å². The van der Waals surface area contributed by atoms with Gasteiger partial charge in [-0.05, 0) is 37.1 Å². The average Bonchev–Trinajstić information content (AvgIpc) is 3.13. The lowest BCUT2D eigenvalue weighted by Crippen LogP contribution is -2.15. The second-order valence-corrected chi connectivity index (χ2v) is 4.83. The van der Waals surface area contributed by atoms with Gasteiger partial charge in [-0.25, -0.2) is 0 Å². The molecule has 0 aliphatic heterocycles. The summed E-state index contributed by atoms with van der Waals surface area (Å²) in [4.78, 5) is 1.34. The van der Waals surface area contributed by atoms with E-state index in [1.165, 1.54) is 29.8 Å². The Morgan fingerprint density at radius 2 is 1.90 bits per heavy atom. The molecule has 106 valence electrons. The fourth-order valence-electron chi connectivity index (χ4n) is 1.82. The highest BCUT2D eigenvalue weighted by Crippen LogP contribution is 2.29. The van der Waals surface area contributed by atoms with E-state index in [0.29, 0.717) is 18.3 Å². The number of nitrogens with one attached hydrogen (secondary N) is 1. The van der Waals surface area contributed by atoms with E-state index in [9.17, 15) is 13.2 Å². The molecule has 1 saturated carbocycles. The Morgan fingerprint density at radius 3 is 2.50 bits per heavy atom. The first-order valence-electron chi connectivity index (χ1n) is 6.34. The molecule has 0 saturated heterocycles. The number of nitrogens with zero attached hydrogens (tertiary/aromatic N) is 3. The Balaban J connectivity index is 1.71. The van der Waals surface area contributed by atoms with E-state index in [2.05, 4.69) is 15.5 Å². The van der Waals surface area contributed by atoms with Gasteiger partial charge in [-0.15, -0.1) is 0 Å². The number of hydrogen-bond acceptors (Lipinski definition) is 3. The van der Waals surface area contributed by atoms with Crippen molar-refractivity contribution in [2.24, 2.45) is 0 Å². The molecule has 4 nitrogen and oxygen atoms in total. The highest BCUT2D eigenvalue weighted by Gasteiger charge is 2.30. The fraction of sp³-hybridized carbons (Fsp3) is 0.385. The minimum atomic E-state index is -4.32. The van der Waals surface area contributed by atoms with Crippen molar-refractivity contribution in [2.75, 3.05) is 0 Å². The Labute approximate surface area is 113 Å². The maximum atomic E-state index is 12.5. The minimum Gasteiger partial charge on any atom is -0.308 e. The third kappa shape index (κ3) is 2.98. The first kappa shape index (κ1) is 13.1. The topological polar surface area (TPSA) is 42.7 Å². The zero-order chi connectivity index (χ0) is 14.2. The molecule has 0 bridgehead atoms. The van der Waals surface area contributed by atoms with Crippen LogP contribution in [0.1, 0.15) is 24.1 Å². The Hall–Kier alpha value is -1.89. The monoisotopic (exact) mass is 282 g/mol. The number of benzene rings is 1. The maximum Gasteiger partial charge on any atom is 0.416 e. The standard InChI is InChI=1S/C13H13F3N4/c14-13(15,16)9-1-5-12(6-2-9)20-18-8-11(19-20)7-17-10-3-4-10/h1-2,5-6,8,10,17H,3-4,7H2. The van der Waals surface area contributed by atoms with Gasteiger partial charge in [0, 0.05) is 12.6 Å². The van der Waals surface area contributed by atoms with Crippen molar-refractivity contribution in [1.82, 2.24) is 20.3 Å². The summed E-state index contributed by atoms with van der Waals surface area (Å²) in [5.74, 6) is 0. The largest absolute Gasteiger partial charge is 0.416 e. The molecule has 1 N–H and O–H groups in total. The normalized spacial score (nSPS) is 15.6. The summed E-state index contributed by atoms with van der Waals surface area (Å²) in [5.41, 5.74) is 0.608. The van der Waals surface area contributed by atoms with Gasteiger partial charge in [0.2, 0.25) is 0 Å². The summed E-state index contributed by atoms with van der Waals surface area (Å²) in [5, 5.41) is 11.6. The van der Waals surface area contributed by atoms with Crippen LogP contribution in [0.5, 0.6) is 0 Å². The quantitative estimate of drug-likeness (QED) is 0.937. The summed E-state index contributed by atoms with van der Waals surface area (Å²) < 4.78 is 37.4. The van der Waals surface area contributed by atoms with E-state index in [1.54, 1.807) is 6.20 Å². The molecule has 7 heteroatoms. The number of alkyl halides is 3. The van der Waals surface area contributed by atoms with E-state index in [0.717, 1.165) is 17.8 Å². The zero-order valence-electron chi connectivity index (χ0n) is 10.6. The van der Waals surface area contributed by atoms with Gasteiger partial charge >= 0.3 is 6.18 Å². The SMILES string of the molecule is FC(F)(F)c1ccc(-n2ncc(CNC3CC3)n2)cc1. The molecule has 0 unspecified atom stereocenters. The van der Waals surface area contributed by atoms with Crippen LogP contribution in [0.15, 0.2) is 30.5 Å². The number of hydrogen-bond donors (Lipinski definition) is 1. The smallest absolute Gasteiger partial charge is 0.308 e. The van der Waals surface area contributed by atoms with Crippen molar-refractivity contribution >= 4 is 0 Å². The lowest BCUT2D eigenvalue weighted by atomic mass is 10.2. The van der Waals surface area contributed by atoms with Gasteiger partial charge in [0.1, 0.15) is 0 Å². The zero-order valence-corrected chi connectivity index (χ0v) is 10.6. The third-order valence-corrected chi connectivity index (χ3v) is 3.11. The molecule has 1 aliphatic carbocycles. The molecule has 0 atom stereocenters. The third-order valence-electron chi connectivity index (χ3n) is 3.11. The molecule has 0 spiro atoms. The second-order valence-electron chi connectivity index (χ2n) is 4.83. The summed E-state index contributed by atoms with van der Waals surface area (Å²) >= 11 is 0. The number of aromatic nitrogens is 3. The molecule has 0 radical (unpaired) electrons. The molecule has 1 aromatic heterocycles. The highest BCUT2D eigenvalue weighted by molar-refractivity contribution is 5.33. The van der Waals surface area contributed by atoms with Crippen LogP contribution in [-0.4, -0.2) is 21.0 Å². The maximum absolute atomic E-state index is 12.5. The van der Waals surface area contributed by atoms with Gasteiger partial charge in [0.05, 0.1) is 23.1 Å². The summed E-state index contributed by atoms with van der Waals surface area (Å²) in [7, 11) is 0. The highest BCUT2D eigenvalue weighted by atomic mass is 19.4. The predicted octanol–water partition coefficient (Wildman–Crippen LogP) is 2.54. The van der Waals surface area contributed by atoms with Crippen molar-refractivity contribution < 1.29 is 13.2 Å². The van der Waals surface area contributed by atoms with Gasteiger partial charge in [0.15, 0.2) is 0 Å². The van der Waals surface area contributed by atoms with E-state index in [1.807, 2.05) is 0 Å².